The summed E-state index contributed by atoms with van der Waals surface area (Å²) in [4.78, 5) is 0. The molecule has 1 heteroatoms. The van der Waals surface area contributed by atoms with E-state index in [-0.39, 0.29) is 0 Å². The van der Waals surface area contributed by atoms with E-state index in [0.29, 0.717) is 5.54 Å². The molecule has 0 heterocycles. The Bertz CT molecular complexity index is 352. The van der Waals surface area contributed by atoms with Crippen LogP contribution < -0.4 is 5.32 Å². The van der Waals surface area contributed by atoms with Crippen molar-refractivity contribution in [2.75, 3.05) is 6.54 Å². The minimum absolute atomic E-state index is 0.491. The van der Waals surface area contributed by atoms with Gasteiger partial charge in [-0.1, -0.05) is 24.3 Å². The Morgan fingerprint density at radius 1 is 1.36 bits per heavy atom. The van der Waals surface area contributed by atoms with Crippen LogP contribution in [0.15, 0.2) is 24.3 Å². The fourth-order valence-electron chi connectivity index (χ4n) is 2.28. The molecule has 1 saturated carbocycles. The van der Waals surface area contributed by atoms with Crippen LogP contribution in [0, 0.1) is 0 Å². The van der Waals surface area contributed by atoms with E-state index in [9.17, 15) is 0 Å². The molecule has 0 spiro atoms. The monoisotopic (exact) mass is 187 g/mol. The minimum Gasteiger partial charge on any atom is -0.311 e. The van der Waals surface area contributed by atoms with Crippen LogP contribution in [0.1, 0.15) is 36.8 Å². The third-order valence-electron chi connectivity index (χ3n) is 3.74. The number of benzene rings is 1. The van der Waals surface area contributed by atoms with Crippen molar-refractivity contribution < 1.29 is 0 Å². The SMILES string of the molecule is CC1(NCC2Cc3ccccc32)CC1. The van der Waals surface area contributed by atoms with E-state index in [1.165, 1.54) is 25.8 Å². The van der Waals surface area contributed by atoms with Gasteiger partial charge in [-0.3, -0.25) is 0 Å². The van der Waals surface area contributed by atoms with Crippen LogP contribution in [0.2, 0.25) is 0 Å². The quantitative estimate of drug-likeness (QED) is 0.766. The Kier molecular flexibility index (Phi) is 1.72. The number of rotatable bonds is 3. The summed E-state index contributed by atoms with van der Waals surface area (Å²) in [7, 11) is 0. The van der Waals surface area contributed by atoms with Crippen LogP contribution in [0.4, 0.5) is 0 Å². The first-order valence-electron chi connectivity index (χ1n) is 5.60. The summed E-state index contributed by atoms with van der Waals surface area (Å²) >= 11 is 0. The van der Waals surface area contributed by atoms with Crippen LogP contribution in [0.3, 0.4) is 0 Å². The summed E-state index contributed by atoms with van der Waals surface area (Å²) < 4.78 is 0. The van der Waals surface area contributed by atoms with Gasteiger partial charge in [0.15, 0.2) is 0 Å². The lowest BCUT2D eigenvalue weighted by atomic mass is 9.77. The van der Waals surface area contributed by atoms with Crippen molar-refractivity contribution in [2.24, 2.45) is 0 Å². The number of fused-ring (bicyclic) bond motifs is 1. The van der Waals surface area contributed by atoms with Crippen LogP contribution in [-0.2, 0) is 6.42 Å². The van der Waals surface area contributed by atoms with Gasteiger partial charge in [-0.25, -0.2) is 0 Å². The number of nitrogens with one attached hydrogen (secondary N) is 1. The summed E-state index contributed by atoms with van der Waals surface area (Å²) in [5.74, 6) is 0.781. The van der Waals surface area contributed by atoms with Gasteiger partial charge in [0.2, 0.25) is 0 Å². The molecule has 1 fully saturated rings. The lowest BCUT2D eigenvalue weighted by Gasteiger charge is -2.31. The Balaban J connectivity index is 1.62. The molecule has 0 aromatic heterocycles. The predicted octanol–water partition coefficient (Wildman–Crippen LogP) is 2.47. The molecule has 0 aliphatic heterocycles. The van der Waals surface area contributed by atoms with Crippen molar-refractivity contribution in [2.45, 2.75) is 37.6 Å². The van der Waals surface area contributed by atoms with Crippen LogP contribution in [0.25, 0.3) is 0 Å². The highest BCUT2D eigenvalue weighted by Gasteiger charge is 2.38. The van der Waals surface area contributed by atoms with Gasteiger partial charge in [0.05, 0.1) is 0 Å². The third-order valence-corrected chi connectivity index (χ3v) is 3.74. The van der Waals surface area contributed by atoms with Crippen LogP contribution in [0.5, 0.6) is 0 Å². The van der Waals surface area contributed by atoms with E-state index in [2.05, 4.69) is 36.5 Å². The van der Waals surface area contributed by atoms with Gasteiger partial charge in [0.25, 0.3) is 0 Å². The lowest BCUT2D eigenvalue weighted by Crippen LogP contribution is -2.35. The molecule has 1 N–H and O–H groups in total. The Hall–Kier alpha value is -0.820. The summed E-state index contributed by atoms with van der Waals surface area (Å²) in [6.07, 6.45) is 4.00. The highest BCUT2D eigenvalue weighted by molar-refractivity contribution is 5.40. The first-order chi connectivity index (χ1) is 6.77. The van der Waals surface area contributed by atoms with Gasteiger partial charge in [-0.05, 0) is 37.3 Å². The second kappa shape index (κ2) is 2.83. The number of hydrogen-bond donors (Lipinski definition) is 1. The zero-order chi connectivity index (χ0) is 9.60. The van der Waals surface area contributed by atoms with Crippen molar-refractivity contribution in [3.63, 3.8) is 0 Å². The van der Waals surface area contributed by atoms with E-state index in [1.807, 2.05) is 0 Å². The zero-order valence-electron chi connectivity index (χ0n) is 8.72. The maximum absolute atomic E-state index is 3.68. The molecule has 1 unspecified atom stereocenters. The highest BCUT2D eigenvalue weighted by Crippen LogP contribution is 2.38. The Morgan fingerprint density at radius 3 is 2.86 bits per heavy atom. The summed E-state index contributed by atoms with van der Waals surface area (Å²) in [6, 6.07) is 8.83. The molecule has 0 radical (unpaired) electrons. The molecule has 14 heavy (non-hydrogen) atoms. The van der Waals surface area contributed by atoms with Gasteiger partial charge in [0.1, 0.15) is 0 Å². The molecular formula is C13H17N. The van der Waals surface area contributed by atoms with E-state index in [0.717, 1.165) is 5.92 Å². The Morgan fingerprint density at radius 2 is 2.14 bits per heavy atom. The molecule has 0 bridgehead atoms. The average Bonchev–Trinajstić information content (AvgIpc) is 2.86. The van der Waals surface area contributed by atoms with Gasteiger partial charge in [0, 0.05) is 18.0 Å². The molecule has 1 atom stereocenters. The third kappa shape index (κ3) is 1.36. The number of hydrogen-bond acceptors (Lipinski definition) is 1. The maximum atomic E-state index is 3.68. The van der Waals surface area contributed by atoms with Gasteiger partial charge >= 0.3 is 0 Å². The normalized spacial score (nSPS) is 26.5. The average molecular weight is 187 g/mol. The second-order valence-electron chi connectivity index (χ2n) is 5.04. The molecule has 0 saturated heterocycles. The van der Waals surface area contributed by atoms with E-state index >= 15 is 0 Å². The smallest absolute Gasteiger partial charge is 0.0155 e. The fraction of sp³-hybridized carbons (Fsp3) is 0.538. The highest BCUT2D eigenvalue weighted by atomic mass is 15.0. The maximum Gasteiger partial charge on any atom is 0.0155 e. The molecule has 2 aliphatic rings. The molecule has 2 aliphatic carbocycles. The van der Waals surface area contributed by atoms with Crippen molar-refractivity contribution in [1.29, 1.82) is 0 Å². The summed E-state index contributed by atoms with van der Waals surface area (Å²) in [5, 5.41) is 3.68. The van der Waals surface area contributed by atoms with Crippen molar-refractivity contribution >= 4 is 0 Å². The van der Waals surface area contributed by atoms with Crippen molar-refractivity contribution in [3.8, 4) is 0 Å². The molecular weight excluding hydrogens is 170 g/mol. The molecule has 1 aromatic rings. The molecule has 3 rings (SSSR count). The standard InChI is InChI=1S/C13H17N/c1-13(6-7-13)14-9-11-8-10-4-2-3-5-12(10)11/h2-5,11,14H,6-9H2,1H3. The van der Waals surface area contributed by atoms with Gasteiger partial charge in [-0.15, -0.1) is 0 Å². The summed E-state index contributed by atoms with van der Waals surface area (Å²) in [6.45, 7) is 3.51. The first-order valence-corrected chi connectivity index (χ1v) is 5.60. The lowest BCUT2D eigenvalue weighted by molar-refractivity contribution is 0.469. The van der Waals surface area contributed by atoms with E-state index in [1.54, 1.807) is 11.1 Å². The molecule has 74 valence electrons. The minimum atomic E-state index is 0.491. The van der Waals surface area contributed by atoms with E-state index in [4.69, 9.17) is 0 Å². The molecule has 1 aromatic carbocycles. The topological polar surface area (TPSA) is 12.0 Å². The first kappa shape index (κ1) is 8.49. The zero-order valence-corrected chi connectivity index (χ0v) is 8.72. The van der Waals surface area contributed by atoms with Crippen LogP contribution >= 0.6 is 0 Å². The fourth-order valence-corrected chi connectivity index (χ4v) is 2.28. The van der Waals surface area contributed by atoms with Gasteiger partial charge < -0.3 is 5.32 Å². The van der Waals surface area contributed by atoms with Gasteiger partial charge in [-0.2, -0.15) is 0 Å². The Labute approximate surface area is 85.5 Å². The van der Waals surface area contributed by atoms with Crippen molar-refractivity contribution in [3.05, 3.63) is 35.4 Å². The van der Waals surface area contributed by atoms with Crippen LogP contribution in [-0.4, -0.2) is 12.1 Å². The summed E-state index contributed by atoms with van der Waals surface area (Å²) in [5.41, 5.74) is 3.62. The second-order valence-corrected chi connectivity index (χ2v) is 5.04. The van der Waals surface area contributed by atoms with E-state index < -0.39 is 0 Å². The largest absolute Gasteiger partial charge is 0.311 e. The van der Waals surface area contributed by atoms with Crippen molar-refractivity contribution in [1.82, 2.24) is 5.32 Å². The predicted molar refractivity (Wildman–Crippen MR) is 58.5 cm³/mol. The molecule has 1 nitrogen and oxygen atoms in total. The molecule has 0 amide bonds.